The van der Waals surface area contributed by atoms with Gasteiger partial charge >= 0.3 is 5.97 Å². The highest BCUT2D eigenvalue weighted by atomic mass is 79.9. The average molecular weight is 348 g/mol. The predicted octanol–water partition coefficient (Wildman–Crippen LogP) is 4.36. The number of para-hydroxylation sites is 1. The summed E-state index contributed by atoms with van der Waals surface area (Å²) in [6, 6.07) is 9.71. The Hall–Kier alpha value is -2.01. The van der Waals surface area contributed by atoms with Crippen LogP contribution < -0.4 is 0 Å². The molecule has 0 aliphatic rings. The molecule has 5 heteroatoms. The number of aryl methyl sites for hydroxylation is 1. The lowest BCUT2D eigenvalue weighted by Gasteiger charge is -2.07. The molecule has 3 aromatic rings. The Labute approximate surface area is 130 Å². The molecule has 3 rings (SSSR count). The Balaban J connectivity index is 2.10. The van der Waals surface area contributed by atoms with Crippen LogP contribution in [0.2, 0.25) is 0 Å². The molecule has 2 heterocycles. The van der Waals surface area contributed by atoms with Crippen LogP contribution in [0.5, 0.6) is 0 Å². The van der Waals surface area contributed by atoms with Crippen LogP contribution in [0.3, 0.4) is 0 Å². The predicted molar refractivity (Wildman–Crippen MR) is 83.9 cm³/mol. The van der Waals surface area contributed by atoms with Gasteiger partial charge in [-0.15, -0.1) is 0 Å². The van der Waals surface area contributed by atoms with Gasteiger partial charge in [-0.2, -0.15) is 0 Å². The quantitative estimate of drug-likeness (QED) is 0.765. The van der Waals surface area contributed by atoms with E-state index in [1.807, 2.05) is 19.1 Å². The molecule has 0 atom stereocenters. The minimum Gasteiger partial charge on any atom is -0.475 e. The molecule has 4 nitrogen and oxygen atoms in total. The van der Waals surface area contributed by atoms with Crippen molar-refractivity contribution in [1.29, 1.82) is 0 Å². The number of rotatable bonds is 3. The van der Waals surface area contributed by atoms with Crippen LogP contribution in [0.1, 0.15) is 27.6 Å². The first-order valence-corrected chi connectivity index (χ1v) is 7.34. The first-order chi connectivity index (χ1) is 9.99. The van der Waals surface area contributed by atoms with Crippen molar-refractivity contribution in [2.24, 2.45) is 0 Å². The number of hydrogen-bond donors (Lipinski definition) is 1. The summed E-state index contributed by atoms with van der Waals surface area (Å²) in [6.45, 7) is 4.41. The number of hydrogen-bond acceptors (Lipinski definition) is 2. The van der Waals surface area contributed by atoms with E-state index < -0.39 is 5.97 Å². The standard InChI is InChI=1S/C16H14BrNO3/c1-9-15(17)12-5-3-4-6-13(12)18(9)8-11-7-14(16(19)20)21-10(11)2/h3-7H,8H2,1-2H3,(H,19,20). The third-order valence-corrected chi connectivity index (χ3v) is 4.71. The average Bonchev–Trinajstić information content (AvgIpc) is 2.94. The van der Waals surface area contributed by atoms with Gasteiger partial charge in [0.25, 0.3) is 0 Å². The second-order valence-corrected chi connectivity index (χ2v) is 5.79. The third-order valence-electron chi connectivity index (χ3n) is 3.71. The number of aromatic carboxylic acids is 1. The van der Waals surface area contributed by atoms with Gasteiger partial charge in [0.1, 0.15) is 5.76 Å². The minimum atomic E-state index is -1.04. The normalized spacial score (nSPS) is 11.2. The zero-order valence-corrected chi connectivity index (χ0v) is 13.3. The van der Waals surface area contributed by atoms with Crippen molar-refractivity contribution in [1.82, 2.24) is 4.57 Å². The van der Waals surface area contributed by atoms with Gasteiger partial charge in [0.15, 0.2) is 0 Å². The SMILES string of the molecule is Cc1oc(C(=O)O)cc1Cn1c(C)c(Br)c2ccccc21. The molecule has 21 heavy (non-hydrogen) atoms. The largest absolute Gasteiger partial charge is 0.475 e. The van der Waals surface area contributed by atoms with Gasteiger partial charge in [0.05, 0.1) is 6.54 Å². The third kappa shape index (κ3) is 2.27. The molecule has 0 unspecified atom stereocenters. The number of halogens is 1. The Morgan fingerprint density at radius 2 is 2.05 bits per heavy atom. The number of nitrogens with zero attached hydrogens (tertiary/aromatic N) is 1. The summed E-state index contributed by atoms with van der Waals surface area (Å²) in [7, 11) is 0. The van der Waals surface area contributed by atoms with Gasteiger partial charge in [-0.05, 0) is 41.9 Å². The number of carboxylic acid groups (broad SMARTS) is 1. The van der Waals surface area contributed by atoms with Gasteiger partial charge in [-0.1, -0.05) is 18.2 Å². The van der Waals surface area contributed by atoms with Crippen molar-refractivity contribution in [3.63, 3.8) is 0 Å². The van der Waals surface area contributed by atoms with E-state index in [9.17, 15) is 4.79 Å². The van der Waals surface area contributed by atoms with E-state index in [2.05, 4.69) is 32.6 Å². The van der Waals surface area contributed by atoms with Gasteiger partial charge in [0, 0.05) is 26.6 Å². The molecule has 0 fully saturated rings. The first-order valence-electron chi connectivity index (χ1n) is 6.55. The van der Waals surface area contributed by atoms with Crippen molar-refractivity contribution in [3.05, 3.63) is 57.6 Å². The van der Waals surface area contributed by atoms with Gasteiger partial charge in [0.2, 0.25) is 5.76 Å². The topological polar surface area (TPSA) is 55.4 Å². The van der Waals surface area contributed by atoms with Crippen molar-refractivity contribution in [2.75, 3.05) is 0 Å². The number of fused-ring (bicyclic) bond motifs is 1. The molecule has 0 saturated carbocycles. The fourth-order valence-electron chi connectivity index (χ4n) is 2.54. The molecular formula is C16H14BrNO3. The molecule has 0 spiro atoms. The summed E-state index contributed by atoms with van der Waals surface area (Å²) in [5, 5.41) is 10.2. The lowest BCUT2D eigenvalue weighted by Crippen LogP contribution is -2.02. The summed E-state index contributed by atoms with van der Waals surface area (Å²) in [5.74, 6) is -0.420. The Morgan fingerprint density at radius 1 is 1.33 bits per heavy atom. The number of benzene rings is 1. The maximum atomic E-state index is 11.0. The van der Waals surface area contributed by atoms with E-state index >= 15 is 0 Å². The number of furan rings is 1. The second kappa shape index (κ2) is 5.07. The van der Waals surface area contributed by atoms with Gasteiger partial charge in [-0.25, -0.2) is 4.79 Å². The van der Waals surface area contributed by atoms with Crippen molar-refractivity contribution >= 4 is 32.8 Å². The molecule has 0 aliphatic carbocycles. The Bertz CT molecular complexity index is 845. The van der Waals surface area contributed by atoms with Crippen LogP contribution in [0.4, 0.5) is 0 Å². The van der Waals surface area contributed by atoms with Crippen molar-refractivity contribution in [2.45, 2.75) is 20.4 Å². The van der Waals surface area contributed by atoms with E-state index in [1.54, 1.807) is 13.0 Å². The molecule has 108 valence electrons. The Morgan fingerprint density at radius 3 is 2.71 bits per heavy atom. The van der Waals surface area contributed by atoms with E-state index in [0.29, 0.717) is 12.3 Å². The van der Waals surface area contributed by atoms with Crippen molar-refractivity contribution < 1.29 is 14.3 Å². The van der Waals surface area contributed by atoms with E-state index in [1.165, 1.54) is 0 Å². The van der Waals surface area contributed by atoms with Crippen LogP contribution >= 0.6 is 15.9 Å². The minimum absolute atomic E-state index is 0.0179. The van der Waals surface area contributed by atoms with Gasteiger partial charge < -0.3 is 14.1 Å². The number of carboxylic acids is 1. The maximum absolute atomic E-state index is 11.0. The zero-order chi connectivity index (χ0) is 15.1. The van der Waals surface area contributed by atoms with Crippen LogP contribution in [-0.4, -0.2) is 15.6 Å². The lowest BCUT2D eigenvalue weighted by atomic mass is 10.2. The van der Waals surface area contributed by atoms with Crippen LogP contribution in [0, 0.1) is 13.8 Å². The molecule has 0 saturated heterocycles. The summed E-state index contributed by atoms with van der Waals surface area (Å²) in [6.07, 6.45) is 0. The smallest absolute Gasteiger partial charge is 0.371 e. The summed E-state index contributed by atoms with van der Waals surface area (Å²) >= 11 is 3.62. The molecule has 0 amide bonds. The van der Waals surface area contributed by atoms with E-state index in [-0.39, 0.29) is 5.76 Å². The fourth-order valence-corrected chi connectivity index (χ4v) is 3.09. The molecule has 1 N–H and O–H groups in total. The van der Waals surface area contributed by atoms with Crippen molar-refractivity contribution in [3.8, 4) is 0 Å². The highest BCUT2D eigenvalue weighted by Gasteiger charge is 2.16. The first kappa shape index (κ1) is 13.9. The summed E-state index contributed by atoms with van der Waals surface area (Å²) in [5.41, 5.74) is 3.09. The summed E-state index contributed by atoms with van der Waals surface area (Å²) in [4.78, 5) is 11.0. The molecular weight excluding hydrogens is 334 g/mol. The van der Waals surface area contributed by atoms with Crippen LogP contribution in [0.25, 0.3) is 10.9 Å². The summed E-state index contributed by atoms with van der Waals surface area (Å²) < 4.78 is 8.51. The highest BCUT2D eigenvalue weighted by molar-refractivity contribution is 9.10. The highest BCUT2D eigenvalue weighted by Crippen LogP contribution is 2.31. The monoisotopic (exact) mass is 347 g/mol. The molecule has 0 aliphatic heterocycles. The Kier molecular flexibility index (Phi) is 3.37. The zero-order valence-electron chi connectivity index (χ0n) is 11.7. The number of aromatic nitrogens is 1. The van der Waals surface area contributed by atoms with E-state index in [4.69, 9.17) is 9.52 Å². The van der Waals surface area contributed by atoms with Crippen LogP contribution in [-0.2, 0) is 6.54 Å². The second-order valence-electron chi connectivity index (χ2n) is 5.00. The molecule has 0 radical (unpaired) electrons. The molecule has 0 bridgehead atoms. The maximum Gasteiger partial charge on any atom is 0.371 e. The molecule has 1 aromatic carbocycles. The molecule has 2 aromatic heterocycles. The van der Waals surface area contributed by atoms with E-state index in [0.717, 1.165) is 26.6 Å². The fraction of sp³-hybridized carbons (Fsp3) is 0.188. The van der Waals surface area contributed by atoms with Crippen LogP contribution in [0.15, 0.2) is 39.2 Å². The van der Waals surface area contributed by atoms with Gasteiger partial charge in [-0.3, -0.25) is 0 Å². The number of carbonyl (C=O) groups is 1. The lowest BCUT2D eigenvalue weighted by molar-refractivity contribution is 0.0661.